The van der Waals surface area contributed by atoms with E-state index in [1.54, 1.807) is 6.07 Å². The third-order valence-corrected chi connectivity index (χ3v) is 3.61. The molecule has 0 bridgehead atoms. The highest BCUT2D eigenvalue weighted by molar-refractivity contribution is 14.1. The lowest BCUT2D eigenvalue weighted by molar-refractivity contribution is 0.102. The van der Waals surface area contributed by atoms with Crippen molar-refractivity contribution in [2.45, 2.75) is 13.8 Å². The van der Waals surface area contributed by atoms with Crippen LogP contribution in [0.4, 0.5) is 11.4 Å². The van der Waals surface area contributed by atoms with E-state index in [2.05, 4.69) is 27.9 Å². The summed E-state index contributed by atoms with van der Waals surface area (Å²) in [6.45, 7) is 3.85. The maximum Gasteiger partial charge on any atom is 0.256 e. The second kappa shape index (κ2) is 5.61. The van der Waals surface area contributed by atoms with Gasteiger partial charge in [-0.2, -0.15) is 0 Å². The zero-order chi connectivity index (χ0) is 14.0. The highest BCUT2D eigenvalue weighted by Gasteiger charge is 2.11. The van der Waals surface area contributed by atoms with Crippen LogP contribution < -0.4 is 11.1 Å². The molecule has 0 unspecified atom stereocenters. The third kappa shape index (κ3) is 3.26. The molecule has 0 spiro atoms. The molecule has 3 nitrogen and oxygen atoms in total. The molecule has 1 amide bonds. The molecule has 0 saturated heterocycles. The first-order valence-corrected chi connectivity index (χ1v) is 6.99. The van der Waals surface area contributed by atoms with Gasteiger partial charge in [-0.05, 0) is 71.8 Å². The second-order valence-corrected chi connectivity index (χ2v) is 5.73. The number of hydrogen-bond donors (Lipinski definition) is 2. The number of amides is 1. The number of nitrogens with two attached hydrogens (primary N) is 1. The maximum absolute atomic E-state index is 12.2. The average Bonchev–Trinajstić information content (AvgIpc) is 2.33. The topological polar surface area (TPSA) is 55.1 Å². The van der Waals surface area contributed by atoms with Gasteiger partial charge >= 0.3 is 0 Å². The molecule has 0 radical (unpaired) electrons. The molecule has 0 aliphatic carbocycles. The smallest absolute Gasteiger partial charge is 0.256 e. The quantitative estimate of drug-likeness (QED) is 0.629. The molecule has 0 saturated carbocycles. The summed E-state index contributed by atoms with van der Waals surface area (Å²) in [5.41, 5.74) is 9.82. The van der Waals surface area contributed by atoms with Gasteiger partial charge in [-0.3, -0.25) is 4.79 Å². The highest BCUT2D eigenvalue weighted by atomic mass is 127. The lowest BCUT2D eigenvalue weighted by Crippen LogP contribution is -2.14. The summed E-state index contributed by atoms with van der Waals surface area (Å²) in [7, 11) is 0. The van der Waals surface area contributed by atoms with Crippen molar-refractivity contribution in [2.75, 3.05) is 11.1 Å². The molecule has 2 aromatic carbocycles. The zero-order valence-electron chi connectivity index (χ0n) is 10.8. The first-order valence-electron chi connectivity index (χ1n) is 5.91. The van der Waals surface area contributed by atoms with Gasteiger partial charge in [-0.1, -0.05) is 12.1 Å². The van der Waals surface area contributed by atoms with Crippen LogP contribution >= 0.6 is 22.6 Å². The first kappa shape index (κ1) is 13.9. The number of nitrogens with one attached hydrogen (secondary N) is 1. The Hall–Kier alpha value is -1.56. The van der Waals surface area contributed by atoms with Crippen molar-refractivity contribution >= 4 is 39.9 Å². The molecular formula is C15H15IN2O. The van der Waals surface area contributed by atoms with Crippen LogP contribution in [0, 0.1) is 17.4 Å². The Morgan fingerprint density at radius 3 is 2.58 bits per heavy atom. The van der Waals surface area contributed by atoms with Crippen molar-refractivity contribution in [3.05, 3.63) is 56.7 Å². The molecular weight excluding hydrogens is 351 g/mol. The molecule has 4 heteroatoms. The standard InChI is InChI=1S/C15H15IN2O/c1-9-6-10(2)14(17)8-13(9)15(19)18-12-5-3-4-11(16)7-12/h3-8H,17H2,1-2H3,(H,18,19). The Labute approximate surface area is 126 Å². The SMILES string of the molecule is Cc1cc(C)c(C(=O)Nc2cccc(I)c2)cc1N. The molecule has 98 valence electrons. The van der Waals surface area contributed by atoms with Gasteiger partial charge in [0.2, 0.25) is 0 Å². The van der Waals surface area contributed by atoms with Crippen LogP contribution in [0.3, 0.4) is 0 Å². The van der Waals surface area contributed by atoms with Crippen LogP contribution in [0.25, 0.3) is 0 Å². The summed E-state index contributed by atoms with van der Waals surface area (Å²) in [5, 5.41) is 2.89. The molecule has 19 heavy (non-hydrogen) atoms. The molecule has 2 rings (SSSR count). The zero-order valence-corrected chi connectivity index (χ0v) is 13.0. The number of carbonyl (C=O) groups is 1. The van der Waals surface area contributed by atoms with Gasteiger partial charge in [0.05, 0.1) is 0 Å². The van der Waals surface area contributed by atoms with Crippen molar-refractivity contribution in [2.24, 2.45) is 0 Å². The number of nitrogen functional groups attached to an aromatic ring is 1. The monoisotopic (exact) mass is 366 g/mol. The van der Waals surface area contributed by atoms with Gasteiger partial charge < -0.3 is 11.1 Å². The third-order valence-electron chi connectivity index (χ3n) is 2.94. The molecule has 0 aliphatic rings. The fourth-order valence-electron chi connectivity index (χ4n) is 1.88. The van der Waals surface area contributed by atoms with Crippen LogP contribution in [0.1, 0.15) is 21.5 Å². The van der Waals surface area contributed by atoms with E-state index in [0.29, 0.717) is 11.3 Å². The lowest BCUT2D eigenvalue weighted by Gasteiger charge is -2.10. The summed E-state index contributed by atoms with van der Waals surface area (Å²) >= 11 is 2.21. The van der Waals surface area contributed by atoms with Gasteiger partial charge in [-0.15, -0.1) is 0 Å². The Morgan fingerprint density at radius 1 is 1.16 bits per heavy atom. The summed E-state index contributed by atoms with van der Waals surface area (Å²) < 4.78 is 1.08. The highest BCUT2D eigenvalue weighted by Crippen LogP contribution is 2.20. The minimum atomic E-state index is -0.133. The van der Waals surface area contributed by atoms with E-state index >= 15 is 0 Å². The van der Waals surface area contributed by atoms with Crippen molar-refractivity contribution in [3.8, 4) is 0 Å². The van der Waals surface area contributed by atoms with Crippen LogP contribution in [-0.2, 0) is 0 Å². The predicted molar refractivity (Wildman–Crippen MR) is 87.4 cm³/mol. The molecule has 0 atom stereocenters. The number of aryl methyl sites for hydroxylation is 2. The summed E-state index contributed by atoms with van der Waals surface area (Å²) in [5.74, 6) is -0.133. The molecule has 0 aliphatic heterocycles. The van der Waals surface area contributed by atoms with E-state index in [1.807, 2.05) is 44.2 Å². The largest absolute Gasteiger partial charge is 0.398 e. The maximum atomic E-state index is 12.2. The molecule has 0 aromatic heterocycles. The Balaban J connectivity index is 2.28. The number of hydrogen-bond acceptors (Lipinski definition) is 2. The Morgan fingerprint density at radius 2 is 1.89 bits per heavy atom. The number of halogens is 1. The second-order valence-electron chi connectivity index (χ2n) is 4.49. The number of anilines is 2. The van der Waals surface area contributed by atoms with Gasteiger partial charge in [0.25, 0.3) is 5.91 Å². The Bertz CT molecular complexity index is 638. The van der Waals surface area contributed by atoms with Crippen molar-refractivity contribution in [3.63, 3.8) is 0 Å². The molecule has 3 N–H and O–H groups in total. The van der Waals surface area contributed by atoms with Crippen molar-refractivity contribution in [1.82, 2.24) is 0 Å². The minimum absolute atomic E-state index is 0.133. The van der Waals surface area contributed by atoms with Crippen molar-refractivity contribution in [1.29, 1.82) is 0 Å². The average molecular weight is 366 g/mol. The number of carbonyl (C=O) groups excluding carboxylic acids is 1. The van der Waals surface area contributed by atoms with Crippen molar-refractivity contribution < 1.29 is 4.79 Å². The summed E-state index contributed by atoms with van der Waals surface area (Å²) in [4.78, 5) is 12.2. The van der Waals surface area contributed by atoms with E-state index in [0.717, 1.165) is 20.4 Å². The summed E-state index contributed by atoms with van der Waals surface area (Å²) in [6.07, 6.45) is 0. The van der Waals surface area contributed by atoms with Crippen LogP contribution in [0.5, 0.6) is 0 Å². The number of rotatable bonds is 2. The van der Waals surface area contributed by atoms with Gasteiger partial charge in [-0.25, -0.2) is 0 Å². The molecule has 0 heterocycles. The minimum Gasteiger partial charge on any atom is -0.398 e. The van der Waals surface area contributed by atoms with Gasteiger partial charge in [0, 0.05) is 20.5 Å². The van der Waals surface area contributed by atoms with E-state index in [1.165, 1.54) is 0 Å². The fourth-order valence-corrected chi connectivity index (χ4v) is 2.42. The van der Waals surface area contributed by atoms with E-state index < -0.39 is 0 Å². The molecule has 2 aromatic rings. The van der Waals surface area contributed by atoms with Crippen LogP contribution in [0.15, 0.2) is 36.4 Å². The number of benzene rings is 2. The van der Waals surface area contributed by atoms with Crippen LogP contribution in [0.2, 0.25) is 0 Å². The van der Waals surface area contributed by atoms with E-state index in [4.69, 9.17) is 5.73 Å². The fraction of sp³-hybridized carbons (Fsp3) is 0.133. The van der Waals surface area contributed by atoms with Gasteiger partial charge in [0.1, 0.15) is 0 Å². The summed E-state index contributed by atoms with van der Waals surface area (Å²) in [6, 6.07) is 11.3. The predicted octanol–water partition coefficient (Wildman–Crippen LogP) is 3.74. The first-order chi connectivity index (χ1) is 8.97. The van der Waals surface area contributed by atoms with E-state index in [9.17, 15) is 4.79 Å². The van der Waals surface area contributed by atoms with Gasteiger partial charge in [0.15, 0.2) is 0 Å². The van der Waals surface area contributed by atoms with Crippen LogP contribution in [-0.4, -0.2) is 5.91 Å². The Kier molecular flexibility index (Phi) is 4.09. The van der Waals surface area contributed by atoms with E-state index in [-0.39, 0.29) is 5.91 Å². The lowest BCUT2D eigenvalue weighted by atomic mass is 10.0. The normalized spacial score (nSPS) is 10.3. The molecule has 0 fully saturated rings.